The summed E-state index contributed by atoms with van der Waals surface area (Å²) in [4.78, 5) is 17.9. The molecule has 0 bridgehead atoms. The third kappa shape index (κ3) is 4.21. The van der Waals surface area contributed by atoms with E-state index in [4.69, 9.17) is 0 Å². The molecular weight excluding hydrogens is 390 g/mol. The smallest absolute Gasteiger partial charge is 0.271 e. The average Bonchev–Trinajstić information content (AvgIpc) is 3.14. The average molecular weight is 404 g/mol. The molecule has 1 amide bonds. The summed E-state index contributed by atoms with van der Waals surface area (Å²) < 4.78 is 2.29. The lowest BCUT2D eigenvalue weighted by atomic mass is 10.3. The van der Waals surface area contributed by atoms with Crippen LogP contribution in [0.2, 0.25) is 0 Å². The van der Waals surface area contributed by atoms with E-state index in [1.165, 1.54) is 17.6 Å². The Labute approximate surface area is 151 Å². The number of carbonyl (C=O) groups excluding carboxylic acids is 1. The van der Waals surface area contributed by atoms with Gasteiger partial charge in [0.2, 0.25) is 0 Å². The van der Waals surface area contributed by atoms with Crippen LogP contribution in [0.5, 0.6) is 0 Å². The number of halogens is 1. The van der Waals surface area contributed by atoms with Gasteiger partial charge in [-0.15, -0.1) is 22.0 Å². The summed E-state index contributed by atoms with van der Waals surface area (Å²) in [6.45, 7) is 0.559. The molecule has 3 aromatic rings. The van der Waals surface area contributed by atoms with Crippen molar-refractivity contribution in [2.75, 3.05) is 12.3 Å². The Hall–Kier alpha value is -2.19. The van der Waals surface area contributed by atoms with Gasteiger partial charge in [-0.2, -0.15) is 0 Å². The van der Waals surface area contributed by atoms with Gasteiger partial charge in [0, 0.05) is 21.7 Å². The van der Waals surface area contributed by atoms with Crippen molar-refractivity contribution in [3.63, 3.8) is 0 Å². The number of hydrogen-bond donors (Lipinski definition) is 1. The molecule has 1 N–H and O–H groups in total. The first-order valence-corrected chi connectivity index (χ1v) is 8.99. The predicted octanol–water partition coefficient (Wildman–Crippen LogP) is 2.95. The van der Waals surface area contributed by atoms with Crippen LogP contribution in [0.4, 0.5) is 0 Å². The zero-order chi connectivity index (χ0) is 16.8. The maximum Gasteiger partial charge on any atom is 0.271 e. The first kappa shape index (κ1) is 16.7. The van der Waals surface area contributed by atoms with Gasteiger partial charge in [-0.3, -0.25) is 9.36 Å². The molecule has 8 heteroatoms. The van der Waals surface area contributed by atoms with Crippen LogP contribution in [0, 0.1) is 0 Å². The topological polar surface area (TPSA) is 72.7 Å². The minimum atomic E-state index is -0.217. The number of thioether (sulfide) groups is 1. The maximum absolute atomic E-state index is 12.3. The van der Waals surface area contributed by atoms with Crippen LogP contribution in [-0.2, 0) is 0 Å². The number of benzene rings is 1. The van der Waals surface area contributed by atoms with E-state index in [1.807, 2.05) is 30.3 Å². The molecule has 3 rings (SSSR count). The fourth-order valence-electron chi connectivity index (χ4n) is 1.99. The van der Waals surface area contributed by atoms with Crippen LogP contribution in [0.15, 0.2) is 64.5 Å². The first-order chi connectivity index (χ1) is 11.7. The minimum Gasteiger partial charge on any atom is -0.350 e. The van der Waals surface area contributed by atoms with Gasteiger partial charge in [-0.05, 0) is 40.2 Å². The zero-order valence-corrected chi connectivity index (χ0v) is 15.0. The van der Waals surface area contributed by atoms with E-state index in [0.29, 0.717) is 22.5 Å². The van der Waals surface area contributed by atoms with Crippen LogP contribution in [-0.4, -0.2) is 38.0 Å². The zero-order valence-electron chi connectivity index (χ0n) is 12.6. The molecule has 0 radical (unpaired) electrons. The number of nitrogens with one attached hydrogen (secondary N) is 1. The Morgan fingerprint density at radius 2 is 1.88 bits per heavy atom. The molecule has 0 spiro atoms. The normalized spacial score (nSPS) is 10.5. The van der Waals surface area contributed by atoms with Gasteiger partial charge in [-0.25, -0.2) is 4.98 Å². The maximum atomic E-state index is 12.3. The summed E-state index contributed by atoms with van der Waals surface area (Å²) in [6.07, 6.45) is 3.07. The van der Waals surface area contributed by atoms with Crippen LogP contribution in [0.3, 0.4) is 0 Å². The van der Waals surface area contributed by atoms with E-state index >= 15 is 0 Å². The molecule has 6 nitrogen and oxygen atoms in total. The molecular formula is C16H14BrN5OS. The lowest BCUT2D eigenvalue weighted by Gasteiger charge is -2.08. The van der Waals surface area contributed by atoms with Crippen molar-refractivity contribution in [3.05, 3.63) is 65.3 Å². The first-order valence-electron chi connectivity index (χ1n) is 7.21. The summed E-state index contributed by atoms with van der Waals surface area (Å²) in [6, 6.07) is 13.7. The molecule has 2 heterocycles. The lowest BCUT2D eigenvalue weighted by Crippen LogP contribution is -2.27. The number of rotatable bonds is 6. The monoisotopic (exact) mass is 403 g/mol. The van der Waals surface area contributed by atoms with Crippen molar-refractivity contribution in [2.45, 2.75) is 4.90 Å². The summed E-state index contributed by atoms with van der Waals surface area (Å²) in [7, 11) is 0. The van der Waals surface area contributed by atoms with Crippen LogP contribution < -0.4 is 5.32 Å². The largest absolute Gasteiger partial charge is 0.350 e. The summed E-state index contributed by atoms with van der Waals surface area (Å²) in [5.41, 5.74) is 0.339. The summed E-state index contributed by atoms with van der Waals surface area (Å²) >= 11 is 5.07. The quantitative estimate of drug-likeness (QED) is 0.505. The van der Waals surface area contributed by atoms with Crippen LogP contribution in [0.1, 0.15) is 10.5 Å². The summed E-state index contributed by atoms with van der Waals surface area (Å²) in [5, 5.41) is 10.4. The fraction of sp³-hybridized carbons (Fsp3) is 0.125. The van der Waals surface area contributed by atoms with Crippen molar-refractivity contribution in [2.24, 2.45) is 0 Å². The molecule has 0 saturated heterocycles. The number of hydrogen-bond acceptors (Lipinski definition) is 5. The molecule has 0 atom stereocenters. The fourth-order valence-corrected chi connectivity index (χ4v) is 3.18. The Kier molecular flexibility index (Phi) is 5.60. The van der Waals surface area contributed by atoms with Crippen molar-refractivity contribution in [3.8, 4) is 5.82 Å². The van der Waals surface area contributed by atoms with Gasteiger partial charge in [0.15, 0.2) is 0 Å². The molecule has 1 aromatic carbocycles. The molecule has 122 valence electrons. The van der Waals surface area contributed by atoms with Gasteiger partial charge in [0.25, 0.3) is 5.91 Å². The molecule has 0 aliphatic rings. The van der Waals surface area contributed by atoms with Crippen molar-refractivity contribution in [1.82, 2.24) is 25.1 Å². The van der Waals surface area contributed by atoms with E-state index in [9.17, 15) is 4.79 Å². The number of amides is 1. The van der Waals surface area contributed by atoms with E-state index in [0.717, 1.165) is 5.75 Å². The van der Waals surface area contributed by atoms with Crippen molar-refractivity contribution < 1.29 is 4.79 Å². The highest BCUT2D eigenvalue weighted by Gasteiger charge is 2.13. The van der Waals surface area contributed by atoms with Gasteiger partial charge in [0.1, 0.15) is 24.2 Å². The van der Waals surface area contributed by atoms with E-state index in [-0.39, 0.29) is 5.91 Å². The highest BCUT2D eigenvalue weighted by molar-refractivity contribution is 9.10. The van der Waals surface area contributed by atoms with Gasteiger partial charge in [-0.1, -0.05) is 18.2 Å². The molecule has 0 fully saturated rings. The van der Waals surface area contributed by atoms with E-state index in [1.54, 1.807) is 28.5 Å². The Morgan fingerprint density at radius 1 is 1.12 bits per heavy atom. The van der Waals surface area contributed by atoms with Crippen LogP contribution >= 0.6 is 27.7 Å². The molecule has 0 aliphatic heterocycles. The Morgan fingerprint density at radius 3 is 2.62 bits per heavy atom. The molecule has 0 aliphatic carbocycles. The number of nitrogens with zero attached hydrogens (tertiary/aromatic N) is 4. The highest BCUT2D eigenvalue weighted by Crippen LogP contribution is 2.18. The lowest BCUT2D eigenvalue weighted by molar-refractivity contribution is 0.0950. The SMILES string of the molecule is O=C(NCCSc1ccccc1)c1nc(-n2cnnc2)ccc1Br. The number of pyridine rings is 1. The molecule has 2 aromatic heterocycles. The van der Waals surface area contributed by atoms with E-state index in [2.05, 4.69) is 36.4 Å². The predicted molar refractivity (Wildman–Crippen MR) is 96.4 cm³/mol. The second-order valence-corrected chi connectivity index (χ2v) is 6.81. The molecule has 0 saturated carbocycles. The third-order valence-corrected chi connectivity index (χ3v) is 4.78. The highest BCUT2D eigenvalue weighted by atomic mass is 79.9. The molecule has 24 heavy (non-hydrogen) atoms. The minimum absolute atomic E-state index is 0.217. The van der Waals surface area contributed by atoms with Crippen molar-refractivity contribution >= 4 is 33.6 Å². The molecule has 0 unspecified atom stereocenters. The van der Waals surface area contributed by atoms with Crippen LogP contribution in [0.25, 0.3) is 5.82 Å². The number of carbonyl (C=O) groups is 1. The van der Waals surface area contributed by atoms with Gasteiger partial charge < -0.3 is 5.32 Å². The van der Waals surface area contributed by atoms with Crippen molar-refractivity contribution in [1.29, 1.82) is 0 Å². The Balaban J connectivity index is 1.59. The number of aromatic nitrogens is 4. The Bertz CT molecular complexity index is 811. The summed E-state index contributed by atoms with van der Waals surface area (Å²) in [5.74, 6) is 1.16. The second-order valence-electron chi connectivity index (χ2n) is 4.79. The van der Waals surface area contributed by atoms with Gasteiger partial charge in [0.05, 0.1) is 0 Å². The van der Waals surface area contributed by atoms with E-state index < -0.39 is 0 Å². The van der Waals surface area contributed by atoms with Gasteiger partial charge >= 0.3 is 0 Å². The second kappa shape index (κ2) is 8.07. The third-order valence-electron chi connectivity index (χ3n) is 3.13. The standard InChI is InChI=1S/C16H14BrN5OS/c17-13-6-7-14(22-10-19-20-11-22)21-15(13)16(23)18-8-9-24-12-4-2-1-3-5-12/h1-7,10-11H,8-9H2,(H,18,23).